The van der Waals surface area contributed by atoms with Gasteiger partial charge in [-0.25, -0.2) is 14.8 Å². The van der Waals surface area contributed by atoms with E-state index in [9.17, 15) is 14.4 Å². The van der Waals surface area contributed by atoms with Crippen LogP contribution in [0.1, 0.15) is 52.5 Å². The van der Waals surface area contributed by atoms with Gasteiger partial charge in [-0.1, -0.05) is 25.6 Å². The first-order valence-electron chi connectivity index (χ1n) is 10.4. The van der Waals surface area contributed by atoms with Crippen LogP contribution < -0.4 is 10.9 Å². The maximum Gasteiger partial charge on any atom is 0.358 e. The Morgan fingerprint density at radius 1 is 1.22 bits per heavy atom. The lowest BCUT2D eigenvalue weighted by atomic mass is 9.97. The minimum absolute atomic E-state index is 0.0608. The highest BCUT2D eigenvalue weighted by Gasteiger charge is 2.21. The number of hydrogen-bond donors (Lipinski definition) is 2. The number of anilines is 1. The molecule has 1 amide bonds. The van der Waals surface area contributed by atoms with E-state index in [1.54, 1.807) is 18.3 Å². The van der Waals surface area contributed by atoms with Crippen molar-refractivity contribution in [2.45, 2.75) is 51.6 Å². The summed E-state index contributed by atoms with van der Waals surface area (Å²) in [6.07, 6.45) is 4.17. The van der Waals surface area contributed by atoms with E-state index in [1.165, 1.54) is 16.2 Å². The van der Waals surface area contributed by atoms with Crippen molar-refractivity contribution in [2.75, 3.05) is 17.7 Å². The van der Waals surface area contributed by atoms with Crippen LogP contribution >= 0.6 is 34.4 Å². The average molecular weight is 493 g/mol. The molecule has 0 bridgehead atoms. The van der Waals surface area contributed by atoms with Crippen molar-refractivity contribution in [2.24, 2.45) is 5.92 Å². The number of carbonyl (C=O) groups excluding carboxylic acids is 2. The van der Waals surface area contributed by atoms with Gasteiger partial charge in [0.15, 0.2) is 16.0 Å². The molecule has 3 aromatic rings. The highest BCUT2D eigenvalue weighted by atomic mass is 32.2. The predicted octanol–water partition coefficient (Wildman–Crippen LogP) is 4.17. The number of thiophene rings is 1. The van der Waals surface area contributed by atoms with Gasteiger partial charge in [0, 0.05) is 9.75 Å². The van der Waals surface area contributed by atoms with Crippen molar-refractivity contribution in [3.8, 4) is 0 Å². The van der Waals surface area contributed by atoms with Crippen molar-refractivity contribution < 1.29 is 14.3 Å². The van der Waals surface area contributed by atoms with Gasteiger partial charge in [-0.2, -0.15) is 0 Å². The van der Waals surface area contributed by atoms with Gasteiger partial charge < -0.3 is 15.0 Å². The molecule has 1 aliphatic carbocycles. The number of aromatic amines is 1. The van der Waals surface area contributed by atoms with Gasteiger partial charge in [-0.15, -0.1) is 22.7 Å². The SMILES string of the molecule is Cc1sc(NC(=O)CSc2nc3sc4c(c3c(=O)[nH]2)CCCC4)nc1C(=O)OCC(C)C. The topological polar surface area (TPSA) is 114 Å². The minimum Gasteiger partial charge on any atom is -0.461 e. The molecule has 0 fully saturated rings. The summed E-state index contributed by atoms with van der Waals surface area (Å²) < 4.78 is 5.22. The van der Waals surface area contributed by atoms with Gasteiger partial charge in [-0.3, -0.25) is 9.59 Å². The normalized spacial score (nSPS) is 13.4. The van der Waals surface area contributed by atoms with Crippen molar-refractivity contribution in [3.05, 3.63) is 31.4 Å². The summed E-state index contributed by atoms with van der Waals surface area (Å²) in [6, 6.07) is 0. The summed E-state index contributed by atoms with van der Waals surface area (Å²) in [5.74, 6) is -0.492. The zero-order valence-corrected chi connectivity index (χ0v) is 20.5. The first-order chi connectivity index (χ1) is 15.3. The van der Waals surface area contributed by atoms with Gasteiger partial charge in [0.05, 0.1) is 17.7 Å². The van der Waals surface area contributed by atoms with E-state index in [2.05, 4.69) is 20.3 Å². The molecule has 0 spiro atoms. The highest BCUT2D eigenvalue weighted by molar-refractivity contribution is 7.99. The fourth-order valence-corrected chi connectivity index (χ4v) is 6.25. The van der Waals surface area contributed by atoms with Crippen molar-refractivity contribution in [3.63, 3.8) is 0 Å². The maximum atomic E-state index is 12.6. The molecule has 8 nitrogen and oxygen atoms in total. The molecule has 170 valence electrons. The molecule has 0 aliphatic heterocycles. The lowest BCUT2D eigenvalue weighted by Gasteiger charge is -2.09. The number of amides is 1. The number of aromatic nitrogens is 3. The van der Waals surface area contributed by atoms with Gasteiger partial charge in [0.1, 0.15) is 4.83 Å². The molecule has 0 saturated heterocycles. The van der Waals surface area contributed by atoms with E-state index >= 15 is 0 Å². The first-order valence-corrected chi connectivity index (χ1v) is 13.1. The summed E-state index contributed by atoms with van der Waals surface area (Å²) >= 11 is 3.97. The van der Waals surface area contributed by atoms with E-state index in [4.69, 9.17) is 4.74 Å². The quantitative estimate of drug-likeness (QED) is 0.289. The highest BCUT2D eigenvalue weighted by Crippen LogP contribution is 2.34. The van der Waals surface area contributed by atoms with Crippen LogP contribution in [0.3, 0.4) is 0 Å². The van der Waals surface area contributed by atoms with Gasteiger partial charge >= 0.3 is 5.97 Å². The number of esters is 1. The molecule has 0 atom stereocenters. The van der Waals surface area contributed by atoms with Crippen LogP contribution in [-0.4, -0.2) is 39.2 Å². The lowest BCUT2D eigenvalue weighted by Crippen LogP contribution is -2.16. The van der Waals surface area contributed by atoms with E-state index in [-0.39, 0.29) is 28.8 Å². The Bertz CT molecular complexity index is 1230. The van der Waals surface area contributed by atoms with E-state index in [1.807, 2.05) is 13.8 Å². The van der Waals surface area contributed by atoms with Crippen molar-refractivity contribution in [1.29, 1.82) is 0 Å². The summed E-state index contributed by atoms with van der Waals surface area (Å²) in [5.41, 5.74) is 1.22. The van der Waals surface area contributed by atoms with E-state index in [0.717, 1.165) is 47.8 Å². The number of thioether (sulfide) groups is 1. The maximum absolute atomic E-state index is 12.6. The lowest BCUT2D eigenvalue weighted by molar-refractivity contribution is -0.113. The van der Waals surface area contributed by atoms with Crippen LogP contribution in [0.25, 0.3) is 10.2 Å². The standard InChI is InChI=1S/C21H24N4O4S3/c1-10(2)8-29-19(28)16-11(3)31-21(23-16)22-14(26)9-30-20-24-17(27)15-12-6-4-5-7-13(12)32-18(15)25-20/h10H,4-9H2,1-3H3,(H,22,23,26)(H,24,25,27). The Balaban J connectivity index is 1.39. The van der Waals surface area contributed by atoms with Crippen LogP contribution in [0.4, 0.5) is 5.13 Å². The third-order valence-corrected chi connectivity index (χ3v) is 7.87. The molecule has 0 radical (unpaired) electrons. The van der Waals surface area contributed by atoms with Crippen LogP contribution in [-0.2, 0) is 22.4 Å². The zero-order chi connectivity index (χ0) is 22.8. The molecule has 0 saturated carbocycles. The number of ether oxygens (including phenoxy) is 1. The number of rotatable bonds is 7. The first kappa shape index (κ1) is 22.9. The Hall–Kier alpha value is -2.24. The monoisotopic (exact) mass is 492 g/mol. The van der Waals surface area contributed by atoms with E-state index in [0.29, 0.717) is 27.2 Å². The Morgan fingerprint density at radius 3 is 2.78 bits per heavy atom. The molecule has 4 rings (SSSR count). The molecular formula is C21H24N4O4S3. The second-order valence-corrected chi connectivity index (χ2v) is 11.3. The second-order valence-electron chi connectivity index (χ2n) is 8.02. The van der Waals surface area contributed by atoms with Gasteiger partial charge in [0.25, 0.3) is 5.56 Å². The molecule has 32 heavy (non-hydrogen) atoms. The molecule has 3 aromatic heterocycles. The van der Waals surface area contributed by atoms with E-state index < -0.39 is 5.97 Å². The number of H-pyrrole nitrogens is 1. The molecular weight excluding hydrogens is 468 g/mol. The molecule has 0 unspecified atom stereocenters. The summed E-state index contributed by atoms with van der Waals surface area (Å²) in [7, 11) is 0. The summed E-state index contributed by atoms with van der Waals surface area (Å²) in [6.45, 7) is 5.99. The van der Waals surface area contributed by atoms with Crippen molar-refractivity contribution in [1.82, 2.24) is 15.0 Å². The van der Waals surface area contributed by atoms with Crippen LogP contribution in [0.15, 0.2) is 9.95 Å². The summed E-state index contributed by atoms with van der Waals surface area (Å²) in [5, 5.41) is 4.17. The van der Waals surface area contributed by atoms with Crippen LogP contribution in [0.2, 0.25) is 0 Å². The molecule has 11 heteroatoms. The Morgan fingerprint density at radius 2 is 2.00 bits per heavy atom. The number of nitrogens with one attached hydrogen (secondary N) is 2. The Kier molecular flexibility index (Phi) is 6.96. The van der Waals surface area contributed by atoms with Gasteiger partial charge in [-0.05, 0) is 44.1 Å². The molecule has 3 heterocycles. The zero-order valence-electron chi connectivity index (χ0n) is 18.1. The number of thiazole rings is 1. The minimum atomic E-state index is -0.490. The number of hydrogen-bond acceptors (Lipinski definition) is 9. The van der Waals surface area contributed by atoms with Crippen LogP contribution in [0.5, 0.6) is 0 Å². The molecule has 0 aromatic carbocycles. The number of nitrogens with zero attached hydrogens (tertiary/aromatic N) is 2. The summed E-state index contributed by atoms with van der Waals surface area (Å²) in [4.78, 5) is 51.4. The second kappa shape index (κ2) is 9.72. The fraction of sp³-hybridized carbons (Fsp3) is 0.476. The third-order valence-electron chi connectivity index (χ3n) is 4.93. The van der Waals surface area contributed by atoms with Gasteiger partial charge in [0.2, 0.25) is 5.91 Å². The Labute approximate surface area is 197 Å². The number of fused-ring (bicyclic) bond motifs is 3. The number of aryl methyl sites for hydroxylation is 3. The fourth-order valence-electron chi connectivity index (χ4n) is 3.45. The predicted molar refractivity (Wildman–Crippen MR) is 128 cm³/mol. The molecule has 1 aliphatic rings. The average Bonchev–Trinajstić information content (AvgIpc) is 3.30. The smallest absolute Gasteiger partial charge is 0.358 e. The van der Waals surface area contributed by atoms with Crippen LogP contribution in [0, 0.1) is 12.8 Å². The largest absolute Gasteiger partial charge is 0.461 e. The number of carbonyl (C=O) groups is 2. The molecule has 2 N–H and O–H groups in total. The third kappa shape index (κ3) is 5.05. The van der Waals surface area contributed by atoms with Crippen molar-refractivity contribution >= 4 is 61.7 Å².